The van der Waals surface area contributed by atoms with Gasteiger partial charge in [0.15, 0.2) is 0 Å². The zero-order valence-electron chi connectivity index (χ0n) is 11.1. The smallest absolute Gasteiger partial charge is 0.0517 e. The van der Waals surface area contributed by atoms with Crippen LogP contribution >= 0.6 is 0 Å². The van der Waals surface area contributed by atoms with Crippen molar-refractivity contribution in [2.75, 3.05) is 0 Å². The van der Waals surface area contributed by atoms with Crippen molar-refractivity contribution in [3.8, 4) is 0 Å². The molecule has 0 saturated heterocycles. The van der Waals surface area contributed by atoms with Crippen LogP contribution in [0.25, 0.3) is 0 Å². The largest absolute Gasteiger partial charge is 0.265 e. The second-order valence-electron chi connectivity index (χ2n) is 3.76. The van der Waals surface area contributed by atoms with Gasteiger partial charge in [-0.15, -0.1) is 0 Å². The highest BCUT2D eigenvalue weighted by atomic mass is 14.8. The van der Waals surface area contributed by atoms with Gasteiger partial charge >= 0.3 is 0 Å². The van der Waals surface area contributed by atoms with Gasteiger partial charge in [0, 0.05) is 12.4 Å². The summed E-state index contributed by atoms with van der Waals surface area (Å²) < 4.78 is 0. The number of allylic oxidation sites excluding steroid dienone is 4. The molecule has 92 valence electrons. The van der Waals surface area contributed by atoms with E-state index in [0.29, 0.717) is 0 Å². The molecule has 0 aliphatic heterocycles. The van der Waals surface area contributed by atoms with E-state index in [1.165, 1.54) is 6.20 Å². The van der Waals surface area contributed by atoms with Gasteiger partial charge in [-0.3, -0.25) is 9.98 Å². The minimum absolute atomic E-state index is 0.267. The van der Waals surface area contributed by atoms with E-state index in [1.54, 1.807) is 18.4 Å². The summed E-state index contributed by atoms with van der Waals surface area (Å²) in [7, 11) is 0. The molecular formula is C15H22N2. The van der Waals surface area contributed by atoms with Crippen molar-refractivity contribution in [3.05, 3.63) is 49.9 Å². The topological polar surface area (TPSA) is 24.7 Å². The van der Waals surface area contributed by atoms with E-state index < -0.39 is 0 Å². The Hall–Kier alpha value is -1.70. The fourth-order valence-electron chi connectivity index (χ4n) is 1.63. The Balaban J connectivity index is 5.73. The summed E-state index contributed by atoms with van der Waals surface area (Å²) in [5.74, 6) is 0. The fourth-order valence-corrected chi connectivity index (χ4v) is 1.63. The van der Waals surface area contributed by atoms with E-state index in [0.717, 1.165) is 17.8 Å². The minimum Gasteiger partial charge on any atom is -0.265 e. The van der Waals surface area contributed by atoms with Crippen LogP contribution in [0.4, 0.5) is 0 Å². The van der Waals surface area contributed by atoms with E-state index >= 15 is 0 Å². The predicted molar refractivity (Wildman–Crippen MR) is 78.7 cm³/mol. The Morgan fingerprint density at radius 3 is 2.29 bits per heavy atom. The van der Waals surface area contributed by atoms with Gasteiger partial charge in [-0.25, -0.2) is 0 Å². The van der Waals surface area contributed by atoms with Gasteiger partial charge in [0.1, 0.15) is 0 Å². The zero-order valence-corrected chi connectivity index (χ0v) is 11.1. The summed E-state index contributed by atoms with van der Waals surface area (Å²) in [6.07, 6.45) is 9.59. The first-order valence-electron chi connectivity index (χ1n) is 5.74. The molecule has 1 atom stereocenters. The van der Waals surface area contributed by atoms with Gasteiger partial charge in [0.05, 0.1) is 16.8 Å². The number of hydrogen-bond acceptors (Lipinski definition) is 2. The molecule has 0 amide bonds. The van der Waals surface area contributed by atoms with Crippen molar-refractivity contribution >= 4 is 11.9 Å². The van der Waals surface area contributed by atoms with Gasteiger partial charge in [-0.05, 0) is 32.4 Å². The number of rotatable bonds is 7. The summed E-state index contributed by atoms with van der Waals surface area (Å²) in [5, 5.41) is 0. The van der Waals surface area contributed by atoms with Crippen molar-refractivity contribution < 1.29 is 0 Å². The Morgan fingerprint density at radius 1 is 1.29 bits per heavy atom. The highest BCUT2D eigenvalue weighted by molar-refractivity contribution is 6.01. The predicted octanol–water partition coefficient (Wildman–Crippen LogP) is 4.33. The average molecular weight is 230 g/mol. The van der Waals surface area contributed by atoms with E-state index in [1.807, 2.05) is 13.0 Å². The van der Waals surface area contributed by atoms with Crippen LogP contribution < -0.4 is 0 Å². The van der Waals surface area contributed by atoms with E-state index in [-0.39, 0.29) is 5.41 Å². The Bertz CT molecular complexity index is 372. The quantitative estimate of drug-likeness (QED) is 0.459. The molecule has 0 saturated carbocycles. The molecule has 0 aliphatic rings. The maximum absolute atomic E-state index is 4.41. The van der Waals surface area contributed by atoms with Gasteiger partial charge in [-0.1, -0.05) is 32.7 Å². The summed E-state index contributed by atoms with van der Waals surface area (Å²) in [6.45, 7) is 17.3. The van der Waals surface area contributed by atoms with Crippen LogP contribution in [-0.4, -0.2) is 11.9 Å². The molecule has 0 heterocycles. The summed E-state index contributed by atoms with van der Waals surface area (Å²) >= 11 is 0. The van der Waals surface area contributed by atoms with Crippen LogP contribution in [0.3, 0.4) is 0 Å². The normalized spacial score (nSPS) is 16.6. The molecule has 0 aromatic carbocycles. The summed E-state index contributed by atoms with van der Waals surface area (Å²) in [5.41, 5.74) is 1.53. The van der Waals surface area contributed by atoms with E-state index in [2.05, 4.69) is 43.6 Å². The molecule has 2 heteroatoms. The highest BCUT2D eigenvalue weighted by Crippen LogP contribution is 2.34. The van der Waals surface area contributed by atoms with Gasteiger partial charge in [0.25, 0.3) is 0 Å². The van der Waals surface area contributed by atoms with Crippen LogP contribution in [0.2, 0.25) is 0 Å². The molecule has 17 heavy (non-hydrogen) atoms. The first kappa shape index (κ1) is 15.3. The molecule has 2 nitrogen and oxygen atoms in total. The van der Waals surface area contributed by atoms with E-state index in [4.69, 9.17) is 0 Å². The minimum atomic E-state index is -0.267. The number of aliphatic imine (C=N–C) groups is 2. The van der Waals surface area contributed by atoms with Crippen LogP contribution in [0, 0.1) is 5.41 Å². The Morgan fingerprint density at radius 2 is 1.94 bits per heavy atom. The highest BCUT2D eigenvalue weighted by Gasteiger charge is 2.30. The molecule has 0 radical (unpaired) electrons. The molecule has 0 aromatic heterocycles. The molecule has 0 spiro atoms. The summed E-state index contributed by atoms with van der Waals surface area (Å²) in [4.78, 5) is 8.69. The maximum Gasteiger partial charge on any atom is 0.0517 e. The lowest BCUT2D eigenvalue weighted by Crippen LogP contribution is -2.27. The third-order valence-electron chi connectivity index (χ3n) is 2.81. The van der Waals surface area contributed by atoms with Crippen LogP contribution in [0.1, 0.15) is 27.2 Å². The molecule has 0 fully saturated rings. The fraction of sp³-hybridized carbons (Fsp3) is 0.333. The second-order valence-corrected chi connectivity index (χ2v) is 3.76. The van der Waals surface area contributed by atoms with Crippen molar-refractivity contribution in [1.82, 2.24) is 0 Å². The maximum atomic E-state index is 4.41. The first-order chi connectivity index (χ1) is 8.10. The Labute approximate surface area is 105 Å². The van der Waals surface area contributed by atoms with Gasteiger partial charge < -0.3 is 0 Å². The monoisotopic (exact) mass is 230 g/mol. The average Bonchev–Trinajstić information content (AvgIpc) is 2.34. The lowest BCUT2D eigenvalue weighted by atomic mass is 9.78. The van der Waals surface area contributed by atoms with Crippen molar-refractivity contribution in [2.24, 2.45) is 15.4 Å². The zero-order chi connectivity index (χ0) is 13.3. The van der Waals surface area contributed by atoms with Crippen molar-refractivity contribution in [3.63, 3.8) is 0 Å². The van der Waals surface area contributed by atoms with E-state index in [9.17, 15) is 0 Å². The first-order valence-corrected chi connectivity index (χ1v) is 5.74. The number of nitrogens with zero attached hydrogens (tertiary/aromatic N) is 2. The van der Waals surface area contributed by atoms with Gasteiger partial charge in [0.2, 0.25) is 0 Å². The molecular weight excluding hydrogens is 208 g/mol. The van der Waals surface area contributed by atoms with Crippen molar-refractivity contribution in [2.45, 2.75) is 27.2 Å². The molecule has 0 N–H and O–H groups in total. The lowest BCUT2D eigenvalue weighted by molar-refractivity contribution is 0.532. The molecule has 0 aliphatic carbocycles. The molecule has 0 aromatic rings. The SMILES string of the molecule is C=C/C=C(\N=CC)C(C)(CC)C(C=C)=NC=C. The molecule has 1 unspecified atom stereocenters. The standard InChI is InChI=1S/C15H22N2/c1-7-12-14(17-11-5)15(6,9-3)13(8-2)16-10-4/h7-8,10-12H,1-2,4,9H2,3,5-6H3/b14-12-,16-13?,17-11?. The van der Waals surface area contributed by atoms with Gasteiger partial charge in [-0.2, -0.15) is 0 Å². The third kappa shape index (κ3) is 3.66. The molecule has 0 bridgehead atoms. The Kier molecular flexibility index (Phi) is 6.80. The van der Waals surface area contributed by atoms with Crippen LogP contribution in [-0.2, 0) is 0 Å². The van der Waals surface area contributed by atoms with Crippen molar-refractivity contribution in [1.29, 1.82) is 0 Å². The van der Waals surface area contributed by atoms with Crippen LogP contribution in [0.5, 0.6) is 0 Å². The lowest BCUT2D eigenvalue weighted by Gasteiger charge is -2.29. The van der Waals surface area contributed by atoms with Crippen LogP contribution in [0.15, 0.2) is 59.8 Å². The third-order valence-corrected chi connectivity index (χ3v) is 2.81. The molecule has 0 rings (SSSR count). The second kappa shape index (κ2) is 7.55. The summed E-state index contributed by atoms with van der Waals surface area (Å²) in [6, 6.07) is 0. The number of hydrogen-bond donors (Lipinski definition) is 0.